The zero-order valence-corrected chi connectivity index (χ0v) is 22.8. The fraction of sp³-hybridized carbons (Fsp3) is 0. The van der Waals surface area contributed by atoms with Gasteiger partial charge in [-0.3, -0.25) is 0 Å². The summed E-state index contributed by atoms with van der Waals surface area (Å²) in [6.45, 7) is 7.49. The van der Waals surface area contributed by atoms with Gasteiger partial charge in [-0.05, 0) is 51.6 Å². The molecule has 0 spiro atoms. The van der Waals surface area contributed by atoms with Crippen LogP contribution in [0.3, 0.4) is 0 Å². The minimum atomic E-state index is 0.631. The zero-order valence-electron chi connectivity index (χ0n) is 22.0. The summed E-state index contributed by atoms with van der Waals surface area (Å²) in [5.41, 5.74) is 9.26. The molecule has 7 rings (SSSR count). The van der Waals surface area contributed by atoms with Crippen LogP contribution in [0.5, 0.6) is 0 Å². The minimum absolute atomic E-state index is 0.631. The first-order valence-electron chi connectivity index (χ1n) is 13.4. The van der Waals surface area contributed by atoms with Crippen molar-refractivity contribution in [3.63, 3.8) is 0 Å². The summed E-state index contributed by atoms with van der Waals surface area (Å²) in [4.78, 5) is 3.66. The van der Waals surface area contributed by atoms with Gasteiger partial charge in [0.1, 0.15) is 6.07 Å². The van der Waals surface area contributed by atoms with Crippen molar-refractivity contribution in [3.05, 3.63) is 150 Å². The third kappa shape index (κ3) is 4.36. The van der Waals surface area contributed by atoms with Crippen molar-refractivity contribution in [3.8, 4) is 50.6 Å². The molecule has 0 aliphatic heterocycles. The van der Waals surface area contributed by atoms with Gasteiger partial charge in [0.2, 0.25) is 0 Å². The molecule has 1 aromatic heterocycles. The van der Waals surface area contributed by atoms with E-state index in [1.807, 2.05) is 78.1 Å². The van der Waals surface area contributed by atoms with E-state index in [1.54, 1.807) is 0 Å². The van der Waals surface area contributed by atoms with E-state index in [4.69, 9.17) is 6.57 Å². The molecule has 0 fully saturated rings. The summed E-state index contributed by atoms with van der Waals surface area (Å²) in [7, 11) is 0. The monoisotopic (exact) mass is 538 g/mol. The minimum Gasteiger partial charge on any atom is -0.238 e. The van der Waals surface area contributed by atoms with Crippen LogP contribution in [-0.2, 0) is 0 Å². The molecule has 0 saturated heterocycles. The van der Waals surface area contributed by atoms with Crippen molar-refractivity contribution in [2.75, 3.05) is 0 Å². The van der Waals surface area contributed by atoms with Crippen molar-refractivity contribution in [1.82, 2.24) is 0 Å². The molecule has 7 aromatic rings. The van der Waals surface area contributed by atoms with Crippen LogP contribution >= 0.6 is 11.3 Å². The number of para-hydroxylation sites is 1. The lowest BCUT2D eigenvalue weighted by Gasteiger charge is -2.12. The summed E-state index contributed by atoms with van der Waals surface area (Å²) in [5.74, 6) is 0. The van der Waals surface area contributed by atoms with Crippen LogP contribution in [-0.4, -0.2) is 0 Å². The SMILES string of the molecule is [C-]#[N+]c1ccccc1-c1ccc(-c2cccc(-c3cccc(-c4ccc5c(c4)sc4ccccc45)c3)c2C#N)cc1. The predicted molar refractivity (Wildman–Crippen MR) is 172 cm³/mol. The van der Waals surface area contributed by atoms with Gasteiger partial charge < -0.3 is 0 Å². The normalized spacial score (nSPS) is 10.9. The third-order valence-electron chi connectivity index (χ3n) is 7.59. The van der Waals surface area contributed by atoms with Crippen molar-refractivity contribution >= 4 is 37.2 Å². The molecule has 3 heteroatoms. The number of hydrogen-bond donors (Lipinski definition) is 0. The first-order valence-corrected chi connectivity index (χ1v) is 14.2. The summed E-state index contributed by atoms with van der Waals surface area (Å²) < 4.78 is 2.57. The molecule has 0 atom stereocenters. The van der Waals surface area contributed by atoms with Gasteiger partial charge in [0.15, 0.2) is 5.69 Å². The van der Waals surface area contributed by atoms with E-state index in [1.165, 1.54) is 20.2 Å². The molecule has 190 valence electrons. The van der Waals surface area contributed by atoms with Crippen molar-refractivity contribution in [1.29, 1.82) is 5.26 Å². The fourth-order valence-electron chi connectivity index (χ4n) is 5.57. The Morgan fingerprint density at radius 1 is 0.512 bits per heavy atom. The average molecular weight is 539 g/mol. The fourth-order valence-corrected chi connectivity index (χ4v) is 6.72. The average Bonchev–Trinajstić information content (AvgIpc) is 3.42. The summed E-state index contributed by atoms with van der Waals surface area (Å²) >= 11 is 1.82. The van der Waals surface area contributed by atoms with Crippen LogP contribution in [0.1, 0.15) is 5.56 Å². The molecule has 0 bridgehead atoms. The maximum Gasteiger partial charge on any atom is 0.194 e. The Hall–Kier alpha value is -5.48. The van der Waals surface area contributed by atoms with E-state index in [-0.39, 0.29) is 0 Å². The van der Waals surface area contributed by atoms with E-state index >= 15 is 0 Å². The topological polar surface area (TPSA) is 28.1 Å². The lowest BCUT2D eigenvalue weighted by atomic mass is 9.90. The van der Waals surface area contributed by atoms with Gasteiger partial charge in [-0.1, -0.05) is 115 Å². The molecule has 0 unspecified atom stereocenters. The van der Waals surface area contributed by atoms with Gasteiger partial charge in [-0.2, -0.15) is 5.26 Å². The van der Waals surface area contributed by atoms with Crippen LogP contribution in [0.4, 0.5) is 5.69 Å². The first-order chi connectivity index (χ1) is 20.2. The van der Waals surface area contributed by atoms with Crippen molar-refractivity contribution < 1.29 is 0 Å². The molecule has 0 aliphatic rings. The highest BCUT2D eigenvalue weighted by Crippen LogP contribution is 2.38. The number of nitrogens with zero attached hydrogens (tertiary/aromatic N) is 2. The van der Waals surface area contributed by atoms with E-state index < -0.39 is 0 Å². The molecule has 0 amide bonds. The Morgan fingerprint density at radius 2 is 1.10 bits per heavy atom. The zero-order chi connectivity index (χ0) is 27.8. The molecular formula is C38H22N2S. The number of fused-ring (bicyclic) bond motifs is 3. The maximum atomic E-state index is 10.3. The molecule has 0 aliphatic carbocycles. The molecule has 41 heavy (non-hydrogen) atoms. The molecule has 1 heterocycles. The highest BCUT2D eigenvalue weighted by Gasteiger charge is 2.14. The van der Waals surface area contributed by atoms with E-state index in [2.05, 4.69) is 77.6 Å². The Morgan fingerprint density at radius 3 is 1.90 bits per heavy atom. The number of benzene rings is 6. The summed E-state index contributed by atoms with van der Waals surface area (Å²) in [6, 6.07) is 48.0. The Bertz CT molecular complexity index is 2170. The molecule has 2 nitrogen and oxygen atoms in total. The van der Waals surface area contributed by atoms with E-state index in [0.29, 0.717) is 11.3 Å². The van der Waals surface area contributed by atoms with Crippen LogP contribution in [0, 0.1) is 17.9 Å². The molecular weight excluding hydrogens is 516 g/mol. The van der Waals surface area contributed by atoms with Gasteiger partial charge in [0, 0.05) is 31.3 Å². The highest BCUT2D eigenvalue weighted by molar-refractivity contribution is 7.25. The lowest BCUT2D eigenvalue weighted by Crippen LogP contribution is -1.91. The predicted octanol–water partition coefficient (Wildman–Crippen LogP) is 11.1. The Labute approximate surface area is 242 Å². The summed E-state index contributed by atoms with van der Waals surface area (Å²) in [6.07, 6.45) is 0. The van der Waals surface area contributed by atoms with E-state index in [0.717, 1.165) is 44.5 Å². The van der Waals surface area contributed by atoms with Crippen LogP contribution in [0.2, 0.25) is 0 Å². The third-order valence-corrected chi connectivity index (χ3v) is 8.73. The quantitative estimate of drug-likeness (QED) is 0.205. The number of nitriles is 1. The van der Waals surface area contributed by atoms with Gasteiger partial charge in [0.25, 0.3) is 0 Å². The largest absolute Gasteiger partial charge is 0.238 e. The lowest BCUT2D eigenvalue weighted by molar-refractivity contribution is 1.47. The standard InChI is InChI=1S/C38H22N2S/c1-40-36-14-4-2-10-32(36)26-18-16-25(17-19-26)30-12-7-13-31(35(30)24-39)29-9-6-8-27(22-29)28-20-21-34-33-11-3-5-15-37(33)41-38(34)23-28/h2-23H. The number of thiophene rings is 1. The van der Waals surface area contributed by atoms with Gasteiger partial charge in [-0.15, -0.1) is 11.3 Å². The van der Waals surface area contributed by atoms with Gasteiger partial charge in [-0.25, -0.2) is 4.85 Å². The smallest absolute Gasteiger partial charge is 0.194 e. The Balaban J connectivity index is 1.27. The maximum absolute atomic E-state index is 10.3. The van der Waals surface area contributed by atoms with Crippen LogP contribution in [0.25, 0.3) is 69.5 Å². The highest BCUT2D eigenvalue weighted by atomic mass is 32.1. The van der Waals surface area contributed by atoms with Gasteiger partial charge >= 0.3 is 0 Å². The Kier molecular flexibility index (Phi) is 6.14. The second-order valence-electron chi connectivity index (χ2n) is 9.94. The van der Waals surface area contributed by atoms with Crippen molar-refractivity contribution in [2.45, 2.75) is 0 Å². The van der Waals surface area contributed by atoms with Crippen LogP contribution < -0.4 is 0 Å². The van der Waals surface area contributed by atoms with Crippen LogP contribution in [0.15, 0.2) is 133 Å². The van der Waals surface area contributed by atoms with Crippen molar-refractivity contribution in [2.24, 2.45) is 0 Å². The molecule has 0 N–H and O–H groups in total. The van der Waals surface area contributed by atoms with Gasteiger partial charge in [0.05, 0.1) is 12.1 Å². The molecule has 6 aromatic carbocycles. The first kappa shape index (κ1) is 24.6. The molecule has 0 saturated carbocycles. The second-order valence-corrected chi connectivity index (χ2v) is 11.0. The van der Waals surface area contributed by atoms with E-state index in [9.17, 15) is 5.26 Å². The number of hydrogen-bond acceptors (Lipinski definition) is 2. The summed E-state index contributed by atoms with van der Waals surface area (Å²) in [5, 5.41) is 12.9. The molecule has 0 radical (unpaired) electrons. The second kappa shape index (κ2) is 10.2. The number of rotatable bonds is 4.